The molecular weight excluding hydrogens is 305 g/mol. The van der Waals surface area contributed by atoms with Gasteiger partial charge in [0.1, 0.15) is 12.0 Å². The molecule has 3 rings (SSSR count). The standard InChI is InChI=1S/C11H7Cl2N5S/c12-5-1-2-6-7(3-5)19-11(17-6)18-10-8(14)9(13)15-4-16-10/h1-4H,14H2,(H,15,16,17,18). The highest BCUT2D eigenvalue weighted by Crippen LogP contribution is 2.32. The summed E-state index contributed by atoms with van der Waals surface area (Å²) in [5.74, 6) is 0.435. The van der Waals surface area contributed by atoms with E-state index < -0.39 is 0 Å². The van der Waals surface area contributed by atoms with Crippen LogP contribution in [0.2, 0.25) is 10.2 Å². The van der Waals surface area contributed by atoms with Gasteiger partial charge in [0.05, 0.1) is 10.2 Å². The summed E-state index contributed by atoms with van der Waals surface area (Å²) in [6.07, 6.45) is 1.34. The molecule has 3 aromatic rings. The van der Waals surface area contributed by atoms with Gasteiger partial charge >= 0.3 is 0 Å². The number of fused-ring (bicyclic) bond motifs is 1. The van der Waals surface area contributed by atoms with E-state index in [1.54, 1.807) is 6.07 Å². The number of halogens is 2. The molecule has 0 spiro atoms. The zero-order valence-electron chi connectivity index (χ0n) is 9.39. The van der Waals surface area contributed by atoms with Gasteiger partial charge < -0.3 is 11.1 Å². The number of hydrogen-bond donors (Lipinski definition) is 2. The molecule has 0 aliphatic rings. The van der Waals surface area contributed by atoms with Crippen molar-refractivity contribution in [2.45, 2.75) is 0 Å². The Kier molecular flexibility index (Phi) is 3.14. The lowest BCUT2D eigenvalue weighted by Gasteiger charge is -2.04. The average molecular weight is 312 g/mol. The molecule has 0 aliphatic heterocycles. The van der Waals surface area contributed by atoms with E-state index in [0.29, 0.717) is 21.7 Å². The molecule has 0 saturated heterocycles. The molecule has 8 heteroatoms. The molecular formula is C11H7Cl2N5S. The van der Waals surface area contributed by atoms with E-state index in [0.717, 1.165) is 10.2 Å². The number of aromatic nitrogens is 3. The summed E-state index contributed by atoms with van der Waals surface area (Å²) in [4.78, 5) is 12.2. The van der Waals surface area contributed by atoms with Crippen LogP contribution in [0.1, 0.15) is 0 Å². The van der Waals surface area contributed by atoms with Gasteiger partial charge in [-0.1, -0.05) is 34.5 Å². The summed E-state index contributed by atoms with van der Waals surface area (Å²) < 4.78 is 0.980. The van der Waals surface area contributed by atoms with Crippen molar-refractivity contribution in [3.05, 3.63) is 34.7 Å². The second kappa shape index (κ2) is 4.80. The number of rotatable bonds is 2. The Balaban J connectivity index is 1.99. The van der Waals surface area contributed by atoms with Crippen molar-refractivity contribution >= 4 is 61.4 Å². The maximum Gasteiger partial charge on any atom is 0.189 e. The van der Waals surface area contributed by atoms with Gasteiger partial charge in [-0.25, -0.2) is 15.0 Å². The number of anilines is 3. The van der Waals surface area contributed by atoms with Crippen LogP contribution < -0.4 is 11.1 Å². The zero-order valence-corrected chi connectivity index (χ0v) is 11.7. The smallest absolute Gasteiger partial charge is 0.189 e. The van der Waals surface area contributed by atoms with E-state index in [1.165, 1.54) is 17.7 Å². The quantitative estimate of drug-likeness (QED) is 0.705. The highest BCUT2D eigenvalue weighted by Gasteiger charge is 2.09. The van der Waals surface area contributed by atoms with E-state index in [1.807, 2.05) is 12.1 Å². The normalized spacial score (nSPS) is 10.8. The van der Waals surface area contributed by atoms with Crippen molar-refractivity contribution in [3.63, 3.8) is 0 Å². The summed E-state index contributed by atoms with van der Waals surface area (Å²) >= 11 is 13.2. The van der Waals surface area contributed by atoms with Gasteiger partial charge in [-0.15, -0.1) is 0 Å². The van der Waals surface area contributed by atoms with Gasteiger partial charge in [-0.2, -0.15) is 0 Å². The van der Waals surface area contributed by atoms with E-state index >= 15 is 0 Å². The van der Waals surface area contributed by atoms with Gasteiger partial charge in [-0.3, -0.25) is 0 Å². The number of nitrogen functional groups attached to an aromatic ring is 1. The first-order chi connectivity index (χ1) is 9.13. The molecule has 5 nitrogen and oxygen atoms in total. The number of nitrogens with one attached hydrogen (secondary N) is 1. The molecule has 0 aliphatic carbocycles. The number of hydrogen-bond acceptors (Lipinski definition) is 6. The first kappa shape index (κ1) is 12.4. The minimum atomic E-state index is 0.210. The Morgan fingerprint density at radius 1 is 1.21 bits per heavy atom. The van der Waals surface area contributed by atoms with Crippen LogP contribution in [0.25, 0.3) is 10.2 Å². The molecule has 0 fully saturated rings. The van der Waals surface area contributed by atoms with Crippen LogP contribution in [-0.4, -0.2) is 15.0 Å². The highest BCUT2D eigenvalue weighted by atomic mass is 35.5. The number of benzene rings is 1. The molecule has 2 heterocycles. The topological polar surface area (TPSA) is 76.7 Å². The maximum atomic E-state index is 5.93. The fourth-order valence-corrected chi connectivity index (χ4v) is 2.80. The van der Waals surface area contributed by atoms with Crippen molar-refractivity contribution in [1.29, 1.82) is 0 Å². The lowest BCUT2D eigenvalue weighted by atomic mass is 10.3. The van der Waals surface area contributed by atoms with Crippen molar-refractivity contribution in [1.82, 2.24) is 15.0 Å². The Morgan fingerprint density at radius 2 is 2.05 bits per heavy atom. The summed E-state index contributed by atoms with van der Waals surface area (Å²) in [6.45, 7) is 0. The first-order valence-electron chi connectivity index (χ1n) is 5.22. The first-order valence-corrected chi connectivity index (χ1v) is 6.80. The van der Waals surface area contributed by atoms with Crippen molar-refractivity contribution in [3.8, 4) is 0 Å². The molecule has 0 unspecified atom stereocenters. The molecule has 0 atom stereocenters. The molecule has 0 amide bonds. The van der Waals surface area contributed by atoms with Crippen molar-refractivity contribution in [2.75, 3.05) is 11.1 Å². The molecule has 19 heavy (non-hydrogen) atoms. The molecule has 0 bridgehead atoms. The highest BCUT2D eigenvalue weighted by molar-refractivity contribution is 7.22. The molecule has 3 N–H and O–H groups in total. The molecule has 2 aromatic heterocycles. The molecule has 0 radical (unpaired) electrons. The Labute approximate surface area is 122 Å². The van der Waals surface area contributed by atoms with E-state index in [-0.39, 0.29) is 5.15 Å². The van der Waals surface area contributed by atoms with Crippen LogP contribution in [0.3, 0.4) is 0 Å². The van der Waals surface area contributed by atoms with Crippen LogP contribution in [-0.2, 0) is 0 Å². The Hall–Kier alpha value is -1.63. The minimum absolute atomic E-state index is 0.210. The monoisotopic (exact) mass is 311 g/mol. The fraction of sp³-hybridized carbons (Fsp3) is 0. The molecule has 96 valence electrons. The lowest BCUT2D eigenvalue weighted by molar-refractivity contribution is 1.17. The maximum absolute atomic E-state index is 5.93. The van der Waals surface area contributed by atoms with Crippen molar-refractivity contribution in [2.24, 2.45) is 0 Å². The number of nitrogens with zero attached hydrogens (tertiary/aromatic N) is 3. The summed E-state index contributed by atoms with van der Waals surface area (Å²) in [5.41, 5.74) is 6.94. The summed E-state index contributed by atoms with van der Waals surface area (Å²) in [6, 6.07) is 5.51. The third kappa shape index (κ3) is 2.42. The van der Waals surface area contributed by atoms with Crippen LogP contribution in [0.5, 0.6) is 0 Å². The van der Waals surface area contributed by atoms with Gasteiger partial charge in [-0.05, 0) is 18.2 Å². The fourth-order valence-electron chi connectivity index (χ4n) is 1.53. The van der Waals surface area contributed by atoms with Gasteiger partial charge in [0.15, 0.2) is 16.1 Å². The van der Waals surface area contributed by atoms with E-state index in [2.05, 4.69) is 20.3 Å². The van der Waals surface area contributed by atoms with Crippen molar-refractivity contribution < 1.29 is 0 Å². The average Bonchev–Trinajstić information content (AvgIpc) is 2.76. The van der Waals surface area contributed by atoms with Gasteiger partial charge in [0, 0.05) is 5.02 Å². The van der Waals surface area contributed by atoms with Crippen LogP contribution in [0, 0.1) is 0 Å². The Morgan fingerprint density at radius 3 is 2.89 bits per heavy atom. The third-order valence-corrected chi connectivity index (χ3v) is 3.88. The van der Waals surface area contributed by atoms with E-state index in [9.17, 15) is 0 Å². The predicted molar refractivity (Wildman–Crippen MR) is 79.4 cm³/mol. The lowest BCUT2D eigenvalue weighted by Crippen LogP contribution is -2.00. The minimum Gasteiger partial charge on any atom is -0.393 e. The number of nitrogens with two attached hydrogens (primary N) is 1. The van der Waals surface area contributed by atoms with Gasteiger partial charge in [0.2, 0.25) is 0 Å². The molecule has 1 aromatic carbocycles. The van der Waals surface area contributed by atoms with Crippen LogP contribution in [0.4, 0.5) is 16.6 Å². The second-order valence-electron chi connectivity index (χ2n) is 3.68. The Bertz CT molecular complexity index is 758. The number of thiazole rings is 1. The van der Waals surface area contributed by atoms with Crippen LogP contribution in [0.15, 0.2) is 24.5 Å². The SMILES string of the molecule is Nc1c(Cl)ncnc1Nc1nc2ccc(Cl)cc2s1. The summed E-state index contributed by atoms with van der Waals surface area (Å²) in [7, 11) is 0. The third-order valence-electron chi connectivity index (χ3n) is 2.41. The van der Waals surface area contributed by atoms with Crippen LogP contribution >= 0.6 is 34.5 Å². The van der Waals surface area contributed by atoms with E-state index in [4.69, 9.17) is 28.9 Å². The zero-order chi connectivity index (χ0) is 13.4. The molecule has 0 saturated carbocycles. The van der Waals surface area contributed by atoms with Gasteiger partial charge in [0.25, 0.3) is 0 Å². The second-order valence-corrected chi connectivity index (χ2v) is 5.51. The predicted octanol–water partition coefficient (Wildman–Crippen LogP) is 3.72. The largest absolute Gasteiger partial charge is 0.393 e. The summed E-state index contributed by atoms with van der Waals surface area (Å²) in [5, 5.41) is 4.57.